The molecule has 0 fully saturated rings. The topological polar surface area (TPSA) is 93.7 Å². The van der Waals surface area contributed by atoms with Gasteiger partial charge in [-0.2, -0.15) is 0 Å². The zero-order valence-corrected chi connectivity index (χ0v) is 15.3. The number of benzene rings is 1. The normalized spacial score (nSPS) is 12.0. The largest absolute Gasteiger partial charge is 0.493 e. The Balaban J connectivity index is 2.37. The van der Waals surface area contributed by atoms with Crippen molar-refractivity contribution < 1.29 is 23.9 Å². The molecule has 138 valence electrons. The molecule has 25 heavy (non-hydrogen) atoms. The van der Waals surface area contributed by atoms with Crippen LogP contribution in [0.25, 0.3) is 0 Å². The van der Waals surface area contributed by atoms with Gasteiger partial charge in [-0.25, -0.2) is 4.79 Å². The predicted molar refractivity (Wildman–Crippen MR) is 93.4 cm³/mol. The summed E-state index contributed by atoms with van der Waals surface area (Å²) in [6, 6.07) is 7.02. The summed E-state index contributed by atoms with van der Waals surface area (Å²) in [6.45, 7) is 7.90. The number of imide groups is 1. The van der Waals surface area contributed by atoms with E-state index in [2.05, 4.69) is 26.1 Å². The van der Waals surface area contributed by atoms with Crippen LogP contribution in [0.5, 0.6) is 5.75 Å². The molecular formula is C18H26N2O5. The molecule has 0 aliphatic heterocycles. The number of hydrogen-bond donors (Lipinski definition) is 2. The summed E-state index contributed by atoms with van der Waals surface area (Å²) in [5.41, 5.74) is 1.25. The fourth-order valence-corrected chi connectivity index (χ4v) is 1.89. The van der Waals surface area contributed by atoms with Gasteiger partial charge in [0.15, 0.2) is 6.10 Å². The van der Waals surface area contributed by atoms with Gasteiger partial charge in [-0.15, -0.1) is 0 Å². The molecule has 1 aromatic carbocycles. The Morgan fingerprint density at radius 1 is 1.12 bits per heavy atom. The van der Waals surface area contributed by atoms with Gasteiger partial charge in [0.25, 0.3) is 5.91 Å². The van der Waals surface area contributed by atoms with Crippen molar-refractivity contribution in [3.8, 4) is 5.75 Å². The number of hydrogen-bond acceptors (Lipinski definition) is 5. The summed E-state index contributed by atoms with van der Waals surface area (Å²) in [4.78, 5) is 34.3. The molecule has 1 atom stereocenters. The molecule has 3 amide bonds. The molecule has 0 saturated heterocycles. The first kappa shape index (κ1) is 20.5. The summed E-state index contributed by atoms with van der Waals surface area (Å²) < 4.78 is 10.5. The van der Waals surface area contributed by atoms with E-state index in [1.165, 1.54) is 19.5 Å². The van der Waals surface area contributed by atoms with Crippen LogP contribution in [0.15, 0.2) is 24.3 Å². The van der Waals surface area contributed by atoms with E-state index in [0.29, 0.717) is 5.75 Å². The number of carbonyl (C=O) groups is 3. The number of urea groups is 1. The molecule has 0 spiro atoms. The van der Waals surface area contributed by atoms with Gasteiger partial charge < -0.3 is 14.8 Å². The molecule has 0 unspecified atom stereocenters. The summed E-state index contributed by atoms with van der Waals surface area (Å²) in [6.07, 6.45) is -1.06. The summed E-state index contributed by atoms with van der Waals surface area (Å²) in [5.74, 6) is -0.608. The molecule has 0 aliphatic rings. The van der Waals surface area contributed by atoms with Crippen LogP contribution >= 0.6 is 0 Å². The highest BCUT2D eigenvalue weighted by atomic mass is 16.5. The monoisotopic (exact) mass is 350 g/mol. The predicted octanol–water partition coefficient (Wildman–Crippen LogP) is 2.14. The highest BCUT2D eigenvalue weighted by Crippen LogP contribution is 2.24. The van der Waals surface area contributed by atoms with Crippen LogP contribution < -0.4 is 15.4 Å². The van der Waals surface area contributed by atoms with E-state index in [-0.39, 0.29) is 18.4 Å². The maximum atomic E-state index is 11.7. The van der Waals surface area contributed by atoms with E-state index in [0.717, 1.165) is 0 Å². The molecular weight excluding hydrogens is 324 g/mol. The number of rotatable bonds is 6. The molecule has 0 saturated carbocycles. The first-order chi connectivity index (χ1) is 11.6. The van der Waals surface area contributed by atoms with Crippen LogP contribution in [0.1, 0.15) is 39.7 Å². The Kier molecular flexibility index (Phi) is 7.42. The van der Waals surface area contributed by atoms with E-state index in [9.17, 15) is 14.4 Å². The maximum Gasteiger partial charge on any atom is 0.321 e. The first-order valence-corrected chi connectivity index (χ1v) is 8.09. The van der Waals surface area contributed by atoms with Gasteiger partial charge in [0, 0.05) is 7.05 Å². The third-order valence-electron chi connectivity index (χ3n) is 3.44. The van der Waals surface area contributed by atoms with Gasteiger partial charge in [-0.05, 0) is 30.0 Å². The van der Waals surface area contributed by atoms with Crippen molar-refractivity contribution in [1.29, 1.82) is 0 Å². The molecule has 1 aromatic rings. The van der Waals surface area contributed by atoms with E-state index in [4.69, 9.17) is 9.47 Å². The number of amides is 3. The second-order valence-electron chi connectivity index (χ2n) is 6.57. The Morgan fingerprint density at radius 3 is 2.24 bits per heavy atom. The van der Waals surface area contributed by atoms with Crippen LogP contribution in [0, 0.1) is 0 Å². The smallest absolute Gasteiger partial charge is 0.321 e. The van der Waals surface area contributed by atoms with Gasteiger partial charge in [0.2, 0.25) is 0 Å². The second kappa shape index (κ2) is 9.05. The lowest BCUT2D eigenvalue weighted by molar-refractivity contribution is -0.154. The van der Waals surface area contributed by atoms with Crippen LogP contribution in [0.4, 0.5) is 4.79 Å². The van der Waals surface area contributed by atoms with Crippen LogP contribution in [-0.2, 0) is 19.7 Å². The van der Waals surface area contributed by atoms with Crippen LogP contribution in [0.3, 0.4) is 0 Å². The van der Waals surface area contributed by atoms with Crippen molar-refractivity contribution in [2.45, 2.75) is 45.6 Å². The van der Waals surface area contributed by atoms with E-state index in [1.807, 2.05) is 29.6 Å². The highest BCUT2D eigenvalue weighted by Gasteiger charge is 2.19. The van der Waals surface area contributed by atoms with E-state index >= 15 is 0 Å². The third-order valence-corrected chi connectivity index (χ3v) is 3.44. The molecule has 0 aromatic heterocycles. The number of esters is 1. The van der Waals surface area contributed by atoms with Gasteiger partial charge in [0.05, 0.1) is 13.0 Å². The number of carbonyl (C=O) groups excluding carboxylic acids is 3. The van der Waals surface area contributed by atoms with Gasteiger partial charge >= 0.3 is 12.0 Å². The Morgan fingerprint density at radius 2 is 1.72 bits per heavy atom. The first-order valence-electron chi connectivity index (χ1n) is 8.09. The summed E-state index contributed by atoms with van der Waals surface area (Å²) in [7, 11) is 1.38. The SMILES string of the molecule is CNC(=O)NC(=O)[C@@H](C)OC(=O)CCOc1ccc(C(C)(C)C)cc1. The fraction of sp³-hybridized carbons (Fsp3) is 0.500. The average molecular weight is 350 g/mol. The minimum Gasteiger partial charge on any atom is -0.493 e. The van der Waals surface area contributed by atoms with Crippen molar-refractivity contribution in [1.82, 2.24) is 10.6 Å². The zero-order valence-electron chi connectivity index (χ0n) is 15.3. The third kappa shape index (κ3) is 7.24. The summed E-state index contributed by atoms with van der Waals surface area (Å²) >= 11 is 0. The number of nitrogens with one attached hydrogen (secondary N) is 2. The Hall–Kier alpha value is -2.57. The average Bonchev–Trinajstić information content (AvgIpc) is 2.54. The fourth-order valence-electron chi connectivity index (χ4n) is 1.89. The van der Waals surface area contributed by atoms with Gasteiger partial charge in [0.1, 0.15) is 5.75 Å². The lowest BCUT2D eigenvalue weighted by atomic mass is 9.87. The van der Waals surface area contributed by atoms with Gasteiger partial charge in [-0.1, -0.05) is 32.9 Å². The maximum absolute atomic E-state index is 11.7. The van der Waals surface area contributed by atoms with Gasteiger partial charge in [-0.3, -0.25) is 14.9 Å². The second-order valence-corrected chi connectivity index (χ2v) is 6.57. The van der Waals surface area contributed by atoms with Crippen LogP contribution in [-0.4, -0.2) is 37.7 Å². The van der Waals surface area contributed by atoms with E-state index in [1.54, 1.807) is 0 Å². The van der Waals surface area contributed by atoms with Crippen molar-refractivity contribution in [2.75, 3.05) is 13.7 Å². The van der Waals surface area contributed by atoms with Crippen molar-refractivity contribution in [3.63, 3.8) is 0 Å². The molecule has 2 N–H and O–H groups in total. The Bertz CT molecular complexity index is 605. The molecule has 1 rings (SSSR count). The number of ether oxygens (including phenoxy) is 2. The lowest BCUT2D eigenvalue weighted by Gasteiger charge is -2.19. The molecule has 0 heterocycles. The molecule has 0 bridgehead atoms. The van der Waals surface area contributed by atoms with Crippen molar-refractivity contribution >= 4 is 17.9 Å². The quantitative estimate of drug-likeness (QED) is 0.767. The van der Waals surface area contributed by atoms with Crippen molar-refractivity contribution in [2.24, 2.45) is 0 Å². The minimum absolute atomic E-state index is 0.00137. The van der Waals surface area contributed by atoms with Crippen LogP contribution in [0.2, 0.25) is 0 Å². The van der Waals surface area contributed by atoms with Crippen molar-refractivity contribution in [3.05, 3.63) is 29.8 Å². The molecule has 0 radical (unpaired) electrons. The Labute approximate surface area is 148 Å². The molecule has 7 heteroatoms. The zero-order chi connectivity index (χ0) is 19.0. The molecule has 7 nitrogen and oxygen atoms in total. The minimum atomic E-state index is -1.06. The lowest BCUT2D eigenvalue weighted by Crippen LogP contribution is -2.43. The standard InChI is InChI=1S/C18H26N2O5/c1-12(16(22)20-17(23)19-5)25-15(21)10-11-24-14-8-6-13(7-9-14)18(2,3)4/h6-9,12H,10-11H2,1-5H3,(H2,19,20,22,23)/t12-/m1/s1. The van der Waals surface area contributed by atoms with E-state index < -0.39 is 24.0 Å². The highest BCUT2D eigenvalue weighted by molar-refractivity contribution is 5.96. The molecule has 0 aliphatic carbocycles. The summed E-state index contributed by atoms with van der Waals surface area (Å²) in [5, 5.41) is 4.27.